The number of hydroxylamine groups is 1. The van der Waals surface area contributed by atoms with Gasteiger partial charge in [-0.3, -0.25) is 10.0 Å². The van der Waals surface area contributed by atoms with Gasteiger partial charge in [0.05, 0.1) is 11.1 Å². The number of carbonyl (C=O) groups excluding carboxylic acids is 1. The summed E-state index contributed by atoms with van der Waals surface area (Å²) < 4.78 is 19.4. The van der Waals surface area contributed by atoms with Crippen molar-refractivity contribution >= 4 is 22.4 Å². The number of hydrogen-bond donors (Lipinski definition) is 2. The first-order chi connectivity index (χ1) is 13.0. The maximum atomic E-state index is 14.1. The molecular formula is C21H19FN2O3. The zero-order valence-corrected chi connectivity index (χ0v) is 15.0. The summed E-state index contributed by atoms with van der Waals surface area (Å²) >= 11 is 0. The second-order valence-electron chi connectivity index (χ2n) is 6.97. The van der Waals surface area contributed by atoms with Crippen LogP contribution in [0.5, 0.6) is 0 Å². The molecule has 0 spiro atoms. The van der Waals surface area contributed by atoms with Crippen LogP contribution in [0.2, 0.25) is 0 Å². The number of rotatable bonds is 3. The summed E-state index contributed by atoms with van der Waals surface area (Å²) in [5.74, 6) is -0.936. The largest absolute Gasteiger partial charge is 0.356 e. The van der Waals surface area contributed by atoms with E-state index in [1.807, 2.05) is 31.2 Å². The van der Waals surface area contributed by atoms with Crippen molar-refractivity contribution < 1.29 is 18.9 Å². The third kappa shape index (κ3) is 2.64. The lowest BCUT2D eigenvalue weighted by Crippen LogP contribution is -2.41. The number of halogens is 1. The molecule has 0 fully saturated rings. The van der Waals surface area contributed by atoms with Crippen molar-refractivity contribution in [1.82, 2.24) is 10.6 Å². The van der Waals surface area contributed by atoms with E-state index in [4.69, 9.17) is 4.52 Å². The lowest BCUT2D eigenvalue weighted by atomic mass is 9.77. The van der Waals surface area contributed by atoms with Crippen molar-refractivity contribution in [3.63, 3.8) is 0 Å². The zero-order chi connectivity index (χ0) is 19.2. The normalized spacial score (nSPS) is 19.3. The molecular weight excluding hydrogens is 347 g/mol. The number of nitrogens with one attached hydrogen (secondary N) is 1. The summed E-state index contributed by atoms with van der Waals surface area (Å²) in [5.41, 5.74) is 5.04. The molecule has 3 aromatic rings. The van der Waals surface area contributed by atoms with Gasteiger partial charge in [0.15, 0.2) is 5.58 Å². The Kier molecular flexibility index (Phi) is 4.08. The summed E-state index contributed by atoms with van der Waals surface area (Å²) in [6.07, 6.45) is 2.91. The molecule has 1 amide bonds. The first-order valence-corrected chi connectivity index (χ1v) is 8.74. The molecule has 2 aromatic carbocycles. The molecule has 1 aliphatic rings. The van der Waals surface area contributed by atoms with E-state index in [0.29, 0.717) is 29.6 Å². The van der Waals surface area contributed by atoms with Gasteiger partial charge in [-0.25, -0.2) is 9.87 Å². The van der Waals surface area contributed by atoms with Crippen LogP contribution in [0.3, 0.4) is 0 Å². The molecule has 138 valence electrons. The van der Waals surface area contributed by atoms with Crippen molar-refractivity contribution in [3.8, 4) is 0 Å². The SMILES string of the molecule is Cc1c(F)cccc1[C@@]1(C(=O)NO)C=C(c2ccc3onc(C)c3c2)CC1. The Morgan fingerprint density at radius 2 is 2.11 bits per heavy atom. The highest BCUT2D eigenvalue weighted by Gasteiger charge is 2.43. The Morgan fingerprint density at radius 1 is 1.30 bits per heavy atom. The Morgan fingerprint density at radius 3 is 2.89 bits per heavy atom. The van der Waals surface area contributed by atoms with Gasteiger partial charge in [-0.05, 0) is 67.2 Å². The second-order valence-corrected chi connectivity index (χ2v) is 6.97. The number of aromatic nitrogens is 1. The van der Waals surface area contributed by atoms with Gasteiger partial charge in [-0.15, -0.1) is 0 Å². The van der Waals surface area contributed by atoms with E-state index < -0.39 is 11.3 Å². The summed E-state index contributed by atoms with van der Waals surface area (Å²) in [4.78, 5) is 12.6. The molecule has 0 radical (unpaired) electrons. The van der Waals surface area contributed by atoms with Crippen molar-refractivity contribution in [3.05, 3.63) is 70.7 Å². The number of aryl methyl sites for hydroxylation is 1. The number of nitrogens with zero attached hydrogens (tertiary/aromatic N) is 1. The van der Waals surface area contributed by atoms with Crippen LogP contribution >= 0.6 is 0 Å². The van der Waals surface area contributed by atoms with Gasteiger partial charge in [0.25, 0.3) is 5.91 Å². The Balaban J connectivity index is 1.86. The van der Waals surface area contributed by atoms with Gasteiger partial charge in [0, 0.05) is 5.39 Å². The quantitative estimate of drug-likeness (QED) is 0.538. The Labute approximate surface area is 155 Å². The molecule has 6 heteroatoms. The van der Waals surface area contributed by atoms with Gasteiger partial charge in [0.1, 0.15) is 5.82 Å². The first kappa shape index (κ1) is 17.4. The minimum atomic E-state index is -1.12. The number of benzene rings is 2. The molecule has 0 saturated carbocycles. The Bertz CT molecular complexity index is 1090. The van der Waals surface area contributed by atoms with E-state index in [-0.39, 0.29) is 5.82 Å². The number of hydrogen-bond acceptors (Lipinski definition) is 4. The number of carbonyl (C=O) groups is 1. The van der Waals surface area contributed by atoms with Crippen LogP contribution in [-0.2, 0) is 10.2 Å². The van der Waals surface area contributed by atoms with Crippen LogP contribution in [0.25, 0.3) is 16.5 Å². The van der Waals surface area contributed by atoms with E-state index >= 15 is 0 Å². The number of amides is 1. The molecule has 0 bridgehead atoms. The van der Waals surface area contributed by atoms with Crippen molar-refractivity contribution in [2.45, 2.75) is 32.1 Å². The fraction of sp³-hybridized carbons (Fsp3) is 0.238. The van der Waals surface area contributed by atoms with E-state index in [1.54, 1.807) is 24.5 Å². The van der Waals surface area contributed by atoms with E-state index in [9.17, 15) is 14.4 Å². The maximum absolute atomic E-state index is 14.1. The van der Waals surface area contributed by atoms with E-state index in [2.05, 4.69) is 5.16 Å². The standard InChI is InChI=1S/C21H19FN2O3/c1-12-17(4-3-5-18(12)22)21(20(25)23-26)9-8-15(11-21)14-6-7-19-16(10-14)13(2)24-27-19/h3-7,10-11,26H,8-9H2,1-2H3,(H,23,25)/t21-/m0/s1. The van der Waals surface area contributed by atoms with Gasteiger partial charge >= 0.3 is 0 Å². The monoisotopic (exact) mass is 366 g/mol. The topological polar surface area (TPSA) is 75.4 Å². The van der Waals surface area contributed by atoms with Crippen LogP contribution in [0.15, 0.2) is 47.0 Å². The molecule has 5 nitrogen and oxygen atoms in total. The second kappa shape index (κ2) is 6.32. The minimum absolute atomic E-state index is 0.374. The van der Waals surface area contributed by atoms with Gasteiger partial charge < -0.3 is 4.52 Å². The lowest BCUT2D eigenvalue weighted by molar-refractivity contribution is -0.133. The third-order valence-electron chi connectivity index (χ3n) is 5.49. The summed E-state index contributed by atoms with van der Waals surface area (Å²) in [7, 11) is 0. The van der Waals surface area contributed by atoms with Crippen molar-refractivity contribution in [2.75, 3.05) is 0 Å². The molecule has 0 saturated heterocycles. The average Bonchev–Trinajstić information content (AvgIpc) is 3.28. The highest BCUT2D eigenvalue weighted by Crippen LogP contribution is 2.44. The average molecular weight is 366 g/mol. The van der Waals surface area contributed by atoms with Crippen molar-refractivity contribution in [1.29, 1.82) is 0 Å². The summed E-state index contributed by atoms with van der Waals surface area (Å²) in [6.45, 7) is 3.52. The molecule has 1 heterocycles. The van der Waals surface area contributed by atoms with Crippen LogP contribution in [0, 0.1) is 19.7 Å². The Hall–Kier alpha value is -2.99. The molecule has 1 aromatic heterocycles. The van der Waals surface area contributed by atoms with Crippen LogP contribution < -0.4 is 5.48 Å². The molecule has 4 rings (SSSR count). The summed E-state index contributed by atoms with van der Waals surface area (Å²) in [5, 5.41) is 14.2. The van der Waals surface area contributed by atoms with Gasteiger partial charge in [0.2, 0.25) is 0 Å². The van der Waals surface area contributed by atoms with Gasteiger partial charge in [-0.2, -0.15) is 0 Å². The molecule has 2 N–H and O–H groups in total. The molecule has 1 atom stereocenters. The highest BCUT2D eigenvalue weighted by molar-refractivity contribution is 5.95. The van der Waals surface area contributed by atoms with E-state index in [0.717, 1.165) is 22.2 Å². The number of fused-ring (bicyclic) bond motifs is 1. The van der Waals surface area contributed by atoms with Crippen LogP contribution in [0.1, 0.15) is 35.2 Å². The molecule has 27 heavy (non-hydrogen) atoms. The summed E-state index contributed by atoms with van der Waals surface area (Å²) in [6, 6.07) is 10.4. The smallest absolute Gasteiger partial charge is 0.257 e. The first-order valence-electron chi connectivity index (χ1n) is 8.74. The predicted octanol–water partition coefficient (Wildman–Crippen LogP) is 4.20. The predicted molar refractivity (Wildman–Crippen MR) is 98.7 cm³/mol. The molecule has 1 aliphatic carbocycles. The van der Waals surface area contributed by atoms with E-state index in [1.165, 1.54) is 6.07 Å². The van der Waals surface area contributed by atoms with Crippen LogP contribution in [0.4, 0.5) is 4.39 Å². The third-order valence-corrected chi connectivity index (χ3v) is 5.49. The highest BCUT2D eigenvalue weighted by atomic mass is 19.1. The maximum Gasteiger partial charge on any atom is 0.257 e. The van der Waals surface area contributed by atoms with Gasteiger partial charge in [-0.1, -0.05) is 29.4 Å². The van der Waals surface area contributed by atoms with Crippen molar-refractivity contribution in [2.24, 2.45) is 0 Å². The lowest BCUT2D eigenvalue weighted by Gasteiger charge is -2.27. The van der Waals surface area contributed by atoms with Crippen LogP contribution in [-0.4, -0.2) is 16.3 Å². The molecule has 0 aliphatic heterocycles. The minimum Gasteiger partial charge on any atom is -0.356 e. The molecule has 0 unspecified atom stereocenters. The fourth-order valence-corrected chi connectivity index (χ4v) is 3.96. The zero-order valence-electron chi connectivity index (χ0n) is 15.0. The number of allylic oxidation sites excluding steroid dienone is 1. The fourth-order valence-electron chi connectivity index (χ4n) is 3.96.